The summed E-state index contributed by atoms with van der Waals surface area (Å²) in [6.45, 7) is 7.07. The number of carbonyl (C=O) groups is 2. The number of Topliss-reactive ketones (excluding diaryl/α,β-unsaturated/α-hetero) is 1. The van der Waals surface area contributed by atoms with Crippen LogP contribution in [0.25, 0.3) is 0 Å². The second-order valence-corrected chi connectivity index (χ2v) is 6.04. The van der Waals surface area contributed by atoms with Gasteiger partial charge in [0.25, 0.3) is 5.91 Å². The van der Waals surface area contributed by atoms with Gasteiger partial charge in [0.15, 0.2) is 11.9 Å². The quantitative estimate of drug-likeness (QED) is 0.909. The lowest BCUT2D eigenvalue weighted by Crippen LogP contribution is -2.41. The van der Waals surface area contributed by atoms with Crippen molar-refractivity contribution in [1.29, 1.82) is 0 Å². The van der Waals surface area contributed by atoms with E-state index in [0.29, 0.717) is 10.8 Å². The van der Waals surface area contributed by atoms with Crippen molar-refractivity contribution in [3.05, 3.63) is 29.3 Å². The van der Waals surface area contributed by atoms with E-state index in [-0.39, 0.29) is 18.2 Å². The molecule has 0 radical (unpaired) electrons. The number of benzene rings is 1. The molecule has 1 aromatic rings. The highest BCUT2D eigenvalue weighted by Gasteiger charge is 2.23. The van der Waals surface area contributed by atoms with Gasteiger partial charge < -0.3 is 10.1 Å². The maximum atomic E-state index is 11.8. The fourth-order valence-corrected chi connectivity index (χ4v) is 1.55. The Morgan fingerprint density at radius 2 is 2.00 bits per heavy atom. The van der Waals surface area contributed by atoms with Crippen LogP contribution in [0.2, 0.25) is 5.02 Å². The number of carbonyl (C=O) groups excluding carboxylic acids is 2. The van der Waals surface area contributed by atoms with E-state index in [1.807, 2.05) is 20.8 Å². The minimum absolute atomic E-state index is 0.00553. The Balaban J connectivity index is 2.50. The summed E-state index contributed by atoms with van der Waals surface area (Å²) in [4.78, 5) is 23.6. The molecule has 1 atom stereocenters. The molecule has 5 heteroatoms. The first-order chi connectivity index (χ1) is 9.20. The molecule has 0 heterocycles. The zero-order valence-corrected chi connectivity index (χ0v) is 13.0. The van der Waals surface area contributed by atoms with E-state index in [9.17, 15) is 9.59 Å². The van der Waals surface area contributed by atoms with Gasteiger partial charge in [0.05, 0.1) is 6.54 Å². The van der Waals surface area contributed by atoms with Gasteiger partial charge in [0.1, 0.15) is 5.75 Å². The van der Waals surface area contributed by atoms with Gasteiger partial charge in [0, 0.05) is 10.4 Å². The lowest BCUT2D eigenvalue weighted by atomic mass is 9.91. The Morgan fingerprint density at radius 1 is 1.35 bits per heavy atom. The third-order valence-electron chi connectivity index (χ3n) is 2.74. The molecule has 110 valence electrons. The summed E-state index contributed by atoms with van der Waals surface area (Å²) in [5.41, 5.74) is -0.468. The molecule has 0 saturated heterocycles. The Morgan fingerprint density at radius 3 is 2.55 bits per heavy atom. The topological polar surface area (TPSA) is 55.4 Å². The first kappa shape index (κ1) is 16.5. The second kappa shape index (κ2) is 6.75. The Labute approximate surface area is 124 Å². The first-order valence-electron chi connectivity index (χ1n) is 6.43. The van der Waals surface area contributed by atoms with E-state index in [1.165, 1.54) is 0 Å². The summed E-state index contributed by atoms with van der Waals surface area (Å²) in [5.74, 6) is 0.158. The van der Waals surface area contributed by atoms with Crippen molar-refractivity contribution in [2.75, 3.05) is 6.54 Å². The Bertz CT molecular complexity index is 494. The van der Waals surface area contributed by atoms with Crippen LogP contribution in [0.1, 0.15) is 27.7 Å². The summed E-state index contributed by atoms with van der Waals surface area (Å²) in [6.07, 6.45) is -0.693. The molecule has 0 aromatic heterocycles. The van der Waals surface area contributed by atoms with Crippen LogP contribution < -0.4 is 10.1 Å². The molecular weight excluding hydrogens is 278 g/mol. The van der Waals surface area contributed by atoms with Crippen LogP contribution in [0.4, 0.5) is 0 Å². The SMILES string of the molecule is CC(Oc1cccc(Cl)c1)C(=O)NCC(=O)C(C)(C)C. The minimum Gasteiger partial charge on any atom is -0.481 e. The van der Waals surface area contributed by atoms with Gasteiger partial charge in [0.2, 0.25) is 0 Å². The smallest absolute Gasteiger partial charge is 0.261 e. The number of hydrogen-bond donors (Lipinski definition) is 1. The van der Waals surface area contributed by atoms with Crippen molar-refractivity contribution in [3.8, 4) is 5.75 Å². The molecule has 1 rings (SSSR count). The largest absolute Gasteiger partial charge is 0.481 e. The monoisotopic (exact) mass is 297 g/mol. The van der Waals surface area contributed by atoms with Crippen LogP contribution in [0.5, 0.6) is 5.75 Å². The Kier molecular flexibility index (Phi) is 5.57. The molecule has 4 nitrogen and oxygen atoms in total. The standard InChI is InChI=1S/C15H20ClNO3/c1-10(20-12-7-5-6-11(16)8-12)14(19)17-9-13(18)15(2,3)4/h5-8,10H,9H2,1-4H3,(H,17,19). The molecule has 1 unspecified atom stereocenters. The first-order valence-corrected chi connectivity index (χ1v) is 6.81. The van der Waals surface area contributed by atoms with Crippen molar-refractivity contribution in [1.82, 2.24) is 5.32 Å². The molecule has 0 spiro atoms. The predicted octanol–water partition coefficient (Wildman–Crippen LogP) is 2.84. The van der Waals surface area contributed by atoms with Crippen LogP contribution in [0, 0.1) is 5.41 Å². The van der Waals surface area contributed by atoms with Crippen LogP contribution >= 0.6 is 11.6 Å². The highest BCUT2D eigenvalue weighted by atomic mass is 35.5. The number of halogens is 1. The van der Waals surface area contributed by atoms with E-state index in [0.717, 1.165) is 0 Å². The molecule has 0 aliphatic rings. The Hall–Kier alpha value is -1.55. The zero-order chi connectivity index (χ0) is 15.3. The molecule has 0 aliphatic carbocycles. The van der Waals surface area contributed by atoms with E-state index >= 15 is 0 Å². The molecule has 0 bridgehead atoms. The van der Waals surface area contributed by atoms with Gasteiger partial charge in [-0.05, 0) is 25.1 Å². The maximum Gasteiger partial charge on any atom is 0.261 e. The predicted molar refractivity (Wildman–Crippen MR) is 79.0 cm³/mol. The van der Waals surface area contributed by atoms with Gasteiger partial charge in [-0.15, -0.1) is 0 Å². The number of hydrogen-bond acceptors (Lipinski definition) is 3. The van der Waals surface area contributed by atoms with Gasteiger partial charge in [-0.3, -0.25) is 9.59 Å². The molecule has 20 heavy (non-hydrogen) atoms. The summed E-state index contributed by atoms with van der Waals surface area (Å²) < 4.78 is 5.47. The highest BCUT2D eigenvalue weighted by Crippen LogP contribution is 2.18. The number of amides is 1. The van der Waals surface area contributed by atoms with E-state index in [1.54, 1.807) is 31.2 Å². The zero-order valence-electron chi connectivity index (χ0n) is 12.2. The average Bonchev–Trinajstić information content (AvgIpc) is 2.34. The fourth-order valence-electron chi connectivity index (χ4n) is 1.37. The van der Waals surface area contributed by atoms with Crippen LogP contribution in [0.3, 0.4) is 0 Å². The molecule has 0 fully saturated rings. The third-order valence-corrected chi connectivity index (χ3v) is 2.97. The molecule has 1 N–H and O–H groups in total. The van der Waals surface area contributed by atoms with E-state index < -0.39 is 11.5 Å². The number of nitrogens with one attached hydrogen (secondary N) is 1. The third kappa shape index (κ3) is 5.21. The second-order valence-electron chi connectivity index (χ2n) is 5.61. The molecular formula is C15H20ClNO3. The van der Waals surface area contributed by atoms with Crippen molar-refractivity contribution in [3.63, 3.8) is 0 Å². The molecule has 0 aliphatic heterocycles. The van der Waals surface area contributed by atoms with Crippen LogP contribution in [-0.4, -0.2) is 24.3 Å². The van der Waals surface area contributed by atoms with Gasteiger partial charge in [-0.2, -0.15) is 0 Å². The average molecular weight is 298 g/mol. The summed E-state index contributed by atoms with van der Waals surface area (Å²) >= 11 is 5.84. The molecule has 1 aromatic carbocycles. The highest BCUT2D eigenvalue weighted by molar-refractivity contribution is 6.30. The van der Waals surface area contributed by atoms with Gasteiger partial charge >= 0.3 is 0 Å². The maximum absolute atomic E-state index is 11.8. The minimum atomic E-state index is -0.693. The fraction of sp³-hybridized carbons (Fsp3) is 0.467. The summed E-state index contributed by atoms with van der Waals surface area (Å²) in [5, 5.41) is 3.12. The molecule has 1 amide bonds. The molecule has 0 saturated carbocycles. The van der Waals surface area contributed by atoms with Crippen LogP contribution in [0.15, 0.2) is 24.3 Å². The number of ketones is 1. The summed E-state index contributed by atoms with van der Waals surface area (Å²) in [6, 6.07) is 6.81. The van der Waals surface area contributed by atoms with Crippen molar-refractivity contribution >= 4 is 23.3 Å². The van der Waals surface area contributed by atoms with E-state index in [4.69, 9.17) is 16.3 Å². The van der Waals surface area contributed by atoms with Crippen molar-refractivity contribution < 1.29 is 14.3 Å². The van der Waals surface area contributed by atoms with Gasteiger partial charge in [-0.25, -0.2) is 0 Å². The van der Waals surface area contributed by atoms with Crippen LogP contribution in [-0.2, 0) is 9.59 Å². The summed E-state index contributed by atoms with van der Waals surface area (Å²) in [7, 11) is 0. The lowest BCUT2D eigenvalue weighted by Gasteiger charge is -2.18. The normalized spacial score (nSPS) is 12.7. The lowest BCUT2D eigenvalue weighted by molar-refractivity contribution is -0.131. The number of rotatable bonds is 5. The van der Waals surface area contributed by atoms with E-state index in [2.05, 4.69) is 5.32 Å². The van der Waals surface area contributed by atoms with Gasteiger partial charge in [-0.1, -0.05) is 38.4 Å². The number of ether oxygens (including phenoxy) is 1. The van der Waals surface area contributed by atoms with Crippen molar-refractivity contribution in [2.45, 2.75) is 33.8 Å². The van der Waals surface area contributed by atoms with Crippen molar-refractivity contribution in [2.24, 2.45) is 5.41 Å².